The lowest BCUT2D eigenvalue weighted by Gasteiger charge is -2.18. The van der Waals surface area contributed by atoms with Gasteiger partial charge in [-0.1, -0.05) is 13.8 Å². The standard InChI is InChI=1S/C13H22N4O2/c1-9(2)7-17-11(14)10(12(18)15-13(17)19)8-16-5-3-4-6-16/h9H,3-8,14H2,1-2H3,(H,15,18,19). The summed E-state index contributed by atoms with van der Waals surface area (Å²) in [4.78, 5) is 28.3. The molecule has 0 radical (unpaired) electrons. The van der Waals surface area contributed by atoms with Crippen molar-refractivity contribution in [3.05, 3.63) is 26.4 Å². The van der Waals surface area contributed by atoms with E-state index in [1.54, 1.807) is 0 Å². The van der Waals surface area contributed by atoms with Crippen molar-refractivity contribution in [2.24, 2.45) is 5.92 Å². The van der Waals surface area contributed by atoms with E-state index < -0.39 is 5.69 Å². The van der Waals surface area contributed by atoms with Gasteiger partial charge in [0.05, 0.1) is 5.56 Å². The number of aromatic nitrogens is 2. The van der Waals surface area contributed by atoms with Crippen LogP contribution in [0.25, 0.3) is 0 Å². The number of nitrogens with two attached hydrogens (primary N) is 1. The minimum absolute atomic E-state index is 0.297. The molecule has 2 rings (SSSR count). The normalized spacial score (nSPS) is 16.4. The molecular formula is C13H22N4O2. The zero-order valence-corrected chi connectivity index (χ0v) is 11.6. The molecule has 3 N–H and O–H groups in total. The van der Waals surface area contributed by atoms with Crippen LogP contribution in [0.2, 0.25) is 0 Å². The molecule has 1 aromatic heterocycles. The van der Waals surface area contributed by atoms with Gasteiger partial charge in [0.1, 0.15) is 5.82 Å². The Labute approximate surface area is 112 Å². The summed E-state index contributed by atoms with van der Waals surface area (Å²) in [5.41, 5.74) is 5.78. The number of nitrogens with one attached hydrogen (secondary N) is 1. The first-order chi connectivity index (χ1) is 8.99. The van der Waals surface area contributed by atoms with Gasteiger partial charge in [0.2, 0.25) is 0 Å². The van der Waals surface area contributed by atoms with E-state index in [-0.39, 0.29) is 5.56 Å². The molecule has 0 unspecified atom stereocenters. The number of rotatable bonds is 4. The Morgan fingerprint density at radius 1 is 1.26 bits per heavy atom. The van der Waals surface area contributed by atoms with E-state index in [1.807, 2.05) is 13.8 Å². The molecule has 0 bridgehead atoms. The highest BCUT2D eigenvalue weighted by Crippen LogP contribution is 2.14. The van der Waals surface area contributed by atoms with E-state index in [0.717, 1.165) is 25.9 Å². The molecule has 0 aliphatic carbocycles. The maximum Gasteiger partial charge on any atom is 0.329 e. The number of likely N-dealkylation sites (tertiary alicyclic amines) is 1. The topological polar surface area (TPSA) is 84.1 Å². The molecule has 19 heavy (non-hydrogen) atoms. The number of hydrogen-bond donors (Lipinski definition) is 2. The molecule has 1 aromatic rings. The van der Waals surface area contributed by atoms with Crippen molar-refractivity contribution in [1.29, 1.82) is 0 Å². The van der Waals surface area contributed by atoms with Gasteiger partial charge in [-0.3, -0.25) is 19.2 Å². The van der Waals surface area contributed by atoms with Crippen molar-refractivity contribution < 1.29 is 0 Å². The smallest absolute Gasteiger partial charge is 0.329 e. The van der Waals surface area contributed by atoms with Gasteiger partial charge < -0.3 is 5.73 Å². The largest absolute Gasteiger partial charge is 0.385 e. The van der Waals surface area contributed by atoms with Crippen LogP contribution in [-0.2, 0) is 13.1 Å². The summed E-state index contributed by atoms with van der Waals surface area (Å²) in [5, 5.41) is 0. The van der Waals surface area contributed by atoms with Crippen LogP contribution in [0.3, 0.4) is 0 Å². The van der Waals surface area contributed by atoms with E-state index in [1.165, 1.54) is 4.57 Å². The zero-order valence-electron chi connectivity index (χ0n) is 11.6. The summed E-state index contributed by atoms with van der Waals surface area (Å²) >= 11 is 0. The molecule has 6 heteroatoms. The second-order valence-electron chi connectivity index (χ2n) is 5.61. The van der Waals surface area contributed by atoms with Gasteiger partial charge in [-0.25, -0.2) is 4.79 Å². The summed E-state index contributed by atoms with van der Waals surface area (Å²) in [7, 11) is 0. The Balaban J connectivity index is 2.36. The minimum atomic E-state index is -0.415. The molecule has 1 fully saturated rings. The second kappa shape index (κ2) is 5.61. The van der Waals surface area contributed by atoms with E-state index in [2.05, 4.69) is 9.88 Å². The zero-order chi connectivity index (χ0) is 14.0. The number of nitrogens with zero attached hydrogens (tertiary/aromatic N) is 2. The van der Waals surface area contributed by atoms with E-state index in [0.29, 0.717) is 30.4 Å². The fraction of sp³-hybridized carbons (Fsp3) is 0.692. The lowest BCUT2D eigenvalue weighted by atomic mass is 10.2. The fourth-order valence-corrected chi connectivity index (χ4v) is 2.49. The van der Waals surface area contributed by atoms with Crippen molar-refractivity contribution in [2.75, 3.05) is 18.8 Å². The van der Waals surface area contributed by atoms with Gasteiger partial charge >= 0.3 is 5.69 Å². The Hall–Kier alpha value is -1.56. The third-order valence-corrected chi connectivity index (χ3v) is 3.47. The molecule has 2 heterocycles. The van der Waals surface area contributed by atoms with Crippen LogP contribution in [0, 0.1) is 5.92 Å². The first-order valence-corrected chi connectivity index (χ1v) is 6.83. The fourth-order valence-electron chi connectivity index (χ4n) is 2.49. The van der Waals surface area contributed by atoms with E-state index in [9.17, 15) is 9.59 Å². The molecule has 6 nitrogen and oxygen atoms in total. The van der Waals surface area contributed by atoms with E-state index in [4.69, 9.17) is 5.73 Å². The highest BCUT2D eigenvalue weighted by molar-refractivity contribution is 5.38. The van der Waals surface area contributed by atoms with Crippen LogP contribution >= 0.6 is 0 Å². The van der Waals surface area contributed by atoms with Crippen LogP contribution in [0.5, 0.6) is 0 Å². The molecule has 0 atom stereocenters. The SMILES string of the molecule is CC(C)Cn1c(N)c(CN2CCCC2)c(=O)[nH]c1=O. The number of H-pyrrole nitrogens is 1. The average Bonchev–Trinajstić information content (AvgIpc) is 2.82. The Kier molecular flexibility index (Phi) is 4.09. The van der Waals surface area contributed by atoms with Gasteiger partial charge in [-0.05, 0) is 31.8 Å². The quantitative estimate of drug-likeness (QED) is 0.824. The average molecular weight is 266 g/mol. The van der Waals surface area contributed by atoms with Gasteiger partial charge in [0, 0.05) is 13.1 Å². The number of nitrogen functional groups attached to an aromatic ring is 1. The summed E-state index contributed by atoms with van der Waals surface area (Å²) in [6.45, 7) is 7.05. The number of hydrogen-bond acceptors (Lipinski definition) is 4. The molecule has 0 amide bonds. The van der Waals surface area contributed by atoms with Crippen LogP contribution in [0.1, 0.15) is 32.3 Å². The molecule has 106 valence electrons. The predicted molar refractivity (Wildman–Crippen MR) is 75.1 cm³/mol. The predicted octanol–water partition coefficient (Wildman–Crippen LogP) is 0.371. The van der Waals surface area contributed by atoms with Crippen molar-refractivity contribution in [3.8, 4) is 0 Å². The molecular weight excluding hydrogens is 244 g/mol. The number of anilines is 1. The summed E-state index contributed by atoms with van der Waals surface area (Å²) < 4.78 is 1.47. The molecule has 0 spiro atoms. The molecule has 1 saturated heterocycles. The van der Waals surface area contributed by atoms with Gasteiger partial charge in [-0.2, -0.15) is 0 Å². The third kappa shape index (κ3) is 3.07. The summed E-state index contributed by atoms with van der Waals surface area (Å²) in [6.07, 6.45) is 2.31. The van der Waals surface area contributed by atoms with Gasteiger partial charge in [-0.15, -0.1) is 0 Å². The molecule has 0 aromatic carbocycles. The highest BCUT2D eigenvalue weighted by atomic mass is 16.2. The Morgan fingerprint density at radius 2 is 1.89 bits per heavy atom. The monoisotopic (exact) mass is 266 g/mol. The lowest BCUT2D eigenvalue weighted by molar-refractivity contribution is 0.328. The Morgan fingerprint density at radius 3 is 2.47 bits per heavy atom. The van der Waals surface area contributed by atoms with Crippen molar-refractivity contribution >= 4 is 5.82 Å². The van der Waals surface area contributed by atoms with Crippen LogP contribution in [-0.4, -0.2) is 27.5 Å². The van der Waals surface area contributed by atoms with Crippen LogP contribution < -0.4 is 17.0 Å². The number of aromatic amines is 1. The first kappa shape index (κ1) is 13.9. The van der Waals surface area contributed by atoms with Gasteiger partial charge in [0.15, 0.2) is 0 Å². The van der Waals surface area contributed by atoms with E-state index >= 15 is 0 Å². The minimum Gasteiger partial charge on any atom is -0.385 e. The van der Waals surface area contributed by atoms with Crippen LogP contribution in [0.4, 0.5) is 5.82 Å². The first-order valence-electron chi connectivity index (χ1n) is 6.83. The maximum absolute atomic E-state index is 11.9. The highest BCUT2D eigenvalue weighted by Gasteiger charge is 2.18. The maximum atomic E-state index is 11.9. The van der Waals surface area contributed by atoms with Crippen molar-refractivity contribution in [1.82, 2.24) is 14.5 Å². The van der Waals surface area contributed by atoms with Crippen LogP contribution in [0.15, 0.2) is 9.59 Å². The second-order valence-corrected chi connectivity index (χ2v) is 5.61. The molecule has 1 aliphatic heterocycles. The third-order valence-electron chi connectivity index (χ3n) is 3.47. The summed E-state index contributed by atoms with van der Waals surface area (Å²) in [5.74, 6) is 0.611. The van der Waals surface area contributed by atoms with Crippen molar-refractivity contribution in [3.63, 3.8) is 0 Å². The van der Waals surface area contributed by atoms with Crippen molar-refractivity contribution in [2.45, 2.75) is 39.8 Å². The lowest BCUT2D eigenvalue weighted by Crippen LogP contribution is -2.37. The molecule has 0 saturated carbocycles. The Bertz CT molecular complexity index is 553. The van der Waals surface area contributed by atoms with Gasteiger partial charge in [0.25, 0.3) is 5.56 Å². The summed E-state index contributed by atoms with van der Waals surface area (Å²) in [6, 6.07) is 0. The molecule has 1 aliphatic rings.